The summed E-state index contributed by atoms with van der Waals surface area (Å²) in [7, 11) is 0. The maximum atomic E-state index is 13.5. The van der Waals surface area contributed by atoms with Gasteiger partial charge in [-0.3, -0.25) is 4.98 Å². The molecule has 0 radical (unpaired) electrons. The molecule has 0 aliphatic carbocycles. The Labute approximate surface area is 138 Å². The number of alkyl halides is 3. The number of benzene rings is 2. The number of hydrogen-bond acceptors (Lipinski definition) is 3. The van der Waals surface area contributed by atoms with Gasteiger partial charge < -0.3 is 4.72 Å². The van der Waals surface area contributed by atoms with E-state index in [2.05, 4.69) is 9.71 Å². The number of aromatic nitrogens is 1. The smallest absolute Gasteiger partial charge is 0.323 e. The van der Waals surface area contributed by atoms with Gasteiger partial charge >= 0.3 is 6.18 Å². The number of nitrogens with one attached hydrogen (secondary N) is 1. The van der Waals surface area contributed by atoms with Crippen LogP contribution in [-0.2, 0) is 6.18 Å². The minimum atomic E-state index is -4.46. The molecule has 0 fully saturated rings. The van der Waals surface area contributed by atoms with Crippen molar-refractivity contribution in [1.82, 2.24) is 4.98 Å². The molecule has 0 spiro atoms. The molecule has 1 aromatic heterocycles. The zero-order valence-electron chi connectivity index (χ0n) is 11.4. The second-order valence-corrected chi connectivity index (χ2v) is 6.37. The second-order valence-electron chi connectivity index (χ2n) is 5.09. The lowest BCUT2D eigenvalue weighted by atomic mass is 9.96. The van der Waals surface area contributed by atoms with Gasteiger partial charge in [0.1, 0.15) is 0 Å². The summed E-state index contributed by atoms with van der Waals surface area (Å²) in [5.41, 5.74) is 1.32. The highest BCUT2D eigenvalue weighted by atomic mass is 35.5. The molecule has 0 atom stereocenters. The molecule has 1 aliphatic heterocycles. The van der Waals surface area contributed by atoms with Crippen LogP contribution in [0.15, 0.2) is 47.5 Å². The average Bonchev–Trinajstić information content (AvgIpc) is 2.52. The molecule has 2 nitrogen and oxygen atoms in total. The van der Waals surface area contributed by atoms with E-state index in [0.29, 0.717) is 27.4 Å². The fourth-order valence-corrected chi connectivity index (χ4v) is 3.71. The Morgan fingerprint density at radius 1 is 1.09 bits per heavy atom. The molecule has 3 aromatic rings. The molecule has 116 valence electrons. The summed E-state index contributed by atoms with van der Waals surface area (Å²) in [5.74, 6) is 0. The highest BCUT2D eigenvalue weighted by Gasteiger charge is 2.35. The van der Waals surface area contributed by atoms with Crippen molar-refractivity contribution in [3.8, 4) is 11.1 Å². The number of anilines is 1. The van der Waals surface area contributed by atoms with Gasteiger partial charge in [-0.05, 0) is 42.3 Å². The van der Waals surface area contributed by atoms with Crippen LogP contribution in [0.5, 0.6) is 0 Å². The Hall–Kier alpha value is -1.92. The molecule has 2 aromatic carbocycles. The Morgan fingerprint density at radius 3 is 2.70 bits per heavy atom. The van der Waals surface area contributed by atoms with Crippen molar-refractivity contribution >= 4 is 40.1 Å². The van der Waals surface area contributed by atoms with Crippen LogP contribution in [0.3, 0.4) is 0 Å². The number of nitrogens with zero attached hydrogens (tertiary/aromatic N) is 1. The largest absolute Gasteiger partial charge is 0.417 e. The maximum absolute atomic E-state index is 13.5. The van der Waals surface area contributed by atoms with Crippen LogP contribution in [-0.4, -0.2) is 4.98 Å². The summed E-state index contributed by atoms with van der Waals surface area (Å²) in [6.45, 7) is 0. The minimum absolute atomic E-state index is 0.0809. The molecule has 0 saturated heterocycles. The monoisotopic (exact) mass is 352 g/mol. The van der Waals surface area contributed by atoms with Crippen LogP contribution in [0.25, 0.3) is 22.0 Å². The van der Waals surface area contributed by atoms with Crippen molar-refractivity contribution in [1.29, 1.82) is 0 Å². The van der Waals surface area contributed by atoms with Gasteiger partial charge in [-0.25, -0.2) is 0 Å². The van der Waals surface area contributed by atoms with Gasteiger partial charge in [-0.1, -0.05) is 17.7 Å². The standard InChI is InChI=1S/C16H8ClF3N2S/c17-8-3-4-13-10(6-8)11-7-12(16(18,19)20)9-2-1-5-21-14(9)15(11)22-23-13/h1-7,22H. The van der Waals surface area contributed by atoms with E-state index in [1.165, 1.54) is 36.3 Å². The van der Waals surface area contributed by atoms with Crippen molar-refractivity contribution in [3.63, 3.8) is 0 Å². The number of hydrogen-bond donors (Lipinski definition) is 1. The van der Waals surface area contributed by atoms with Crippen molar-refractivity contribution in [2.45, 2.75) is 11.1 Å². The SMILES string of the molecule is FC(F)(F)c1cc2c(c3ncccc13)NSc1ccc(Cl)cc1-2. The highest BCUT2D eigenvalue weighted by Crippen LogP contribution is 2.48. The van der Waals surface area contributed by atoms with Crippen LogP contribution in [0.2, 0.25) is 5.02 Å². The van der Waals surface area contributed by atoms with E-state index >= 15 is 0 Å². The number of fused-ring (bicyclic) bond motifs is 5. The first-order valence-corrected chi connectivity index (χ1v) is 7.86. The predicted octanol–water partition coefficient (Wildman–Crippen LogP) is 6.01. The summed E-state index contributed by atoms with van der Waals surface area (Å²) in [5, 5.41) is 0.559. The third-order valence-electron chi connectivity index (χ3n) is 3.69. The van der Waals surface area contributed by atoms with E-state index in [1.807, 2.05) is 0 Å². The van der Waals surface area contributed by atoms with E-state index in [1.54, 1.807) is 18.2 Å². The molecule has 0 amide bonds. The molecule has 23 heavy (non-hydrogen) atoms. The van der Waals surface area contributed by atoms with Crippen LogP contribution in [0.1, 0.15) is 5.56 Å². The van der Waals surface area contributed by atoms with Gasteiger partial charge in [0.2, 0.25) is 0 Å². The van der Waals surface area contributed by atoms with Crippen molar-refractivity contribution < 1.29 is 13.2 Å². The fourth-order valence-electron chi connectivity index (χ4n) is 2.70. The van der Waals surface area contributed by atoms with Gasteiger partial charge in [0.15, 0.2) is 0 Å². The Kier molecular flexibility index (Phi) is 3.21. The normalized spacial score (nSPS) is 13.4. The fraction of sp³-hybridized carbons (Fsp3) is 0.0625. The Bertz CT molecular complexity index is 940. The Morgan fingerprint density at radius 2 is 1.91 bits per heavy atom. The van der Waals surface area contributed by atoms with E-state index in [9.17, 15) is 13.2 Å². The Balaban J connectivity index is 2.12. The summed E-state index contributed by atoms with van der Waals surface area (Å²) in [4.78, 5) is 4.98. The van der Waals surface area contributed by atoms with Gasteiger partial charge in [0.05, 0.1) is 16.8 Å². The first-order chi connectivity index (χ1) is 10.9. The average molecular weight is 353 g/mol. The third kappa shape index (κ3) is 2.33. The molecule has 7 heteroatoms. The quantitative estimate of drug-likeness (QED) is 0.502. The second kappa shape index (κ2) is 5.04. The summed E-state index contributed by atoms with van der Waals surface area (Å²) < 4.78 is 43.5. The van der Waals surface area contributed by atoms with E-state index in [4.69, 9.17) is 11.6 Å². The zero-order valence-corrected chi connectivity index (χ0v) is 13.0. The van der Waals surface area contributed by atoms with Crippen molar-refractivity contribution in [2.75, 3.05) is 4.72 Å². The minimum Gasteiger partial charge on any atom is -0.323 e. The number of pyridine rings is 1. The molecule has 0 saturated carbocycles. The summed E-state index contributed by atoms with van der Waals surface area (Å²) in [6, 6.07) is 9.29. The van der Waals surface area contributed by atoms with E-state index in [0.717, 1.165) is 4.90 Å². The molecule has 2 heterocycles. The number of rotatable bonds is 0. The summed E-state index contributed by atoms with van der Waals surface area (Å²) in [6.07, 6.45) is -2.97. The van der Waals surface area contributed by atoms with Crippen LogP contribution < -0.4 is 4.72 Å². The predicted molar refractivity (Wildman–Crippen MR) is 86.7 cm³/mol. The molecular weight excluding hydrogens is 345 g/mol. The zero-order chi connectivity index (χ0) is 16.2. The molecule has 0 unspecified atom stereocenters. The number of halogens is 4. The van der Waals surface area contributed by atoms with Crippen molar-refractivity contribution in [3.05, 3.63) is 53.2 Å². The highest BCUT2D eigenvalue weighted by molar-refractivity contribution is 8.00. The molecule has 1 N–H and O–H groups in total. The maximum Gasteiger partial charge on any atom is 0.417 e. The van der Waals surface area contributed by atoms with E-state index < -0.39 is 11.7 Å². The van der Waals surface area contributed by atoms with Gasteiger partial charge in [-0.15, -0.1) is 0 Å². The van der Waals surface area contributed by atoms with Gasteiger partial charge in [0, 0.05) is 32.6 Å². The lowest BCUT2D eigenvalue weighted by Crippen LogP contribution is -2.09. The third-order valence-corrected chi connectivity index (χ3v) is 4.81. The lowest BCUT2D eigenvalue weighted by molar-refractivity contribution is -0.136. The van der Waals surface area contributed by atoms with Crippen LogP contribution in [0, 0.1) is 0 Å². The topological polar surface area (TPSA) is 24.9 Å². The molecule has 4 rings (SSSR count). The molecule has 1 aliphatic rings. The lowest BCUT2D eigenvalue weighted by Gasteiger charge is -2.24. The van der Waals surface area contributed by atoms with Crippen LogP contribution in [0.4, 0.5) is 18.9 Å². The van der Waals surface area contributed by atoms with Crippen LogP contribution >= 0.6 is 23.5 Å². The van der Waals surface area contributed by atoms with E-state index in [-0.39, 0.29) is 5.39 Å². The van der Waals surface area contributed by atoms with Gasteiger partial charge in [-0.2, -0.15) is 13.2 Å². The van der Waals surface area contributed by atoms with Gasteiger partial charge in [0.25, 0.3) is 0 Å². The summed E-state index contributed by atoms with van der Waals surface area (Å²) >= 11 is 7.36. The first kappa shape index (κ1) is 14.7. The molecule has 0 bridgehead atoms. The molecular formula is C16H8ClF3N2S. The first-order valence-electron chi connectivity index (χ1n) is 6.67. The van der Waals surface area contributed by atoms with Crippen molar-refractivity contribution in [2.24, 2.45) is 0 Å².